The number of hydrogen-bond donors (Lipinski definition) is 3. The van der Waals surface area contributed by atoms with Gasteiger partial charge in [-0.2, -0.15) is 0 Å². The molecule has 0 aliphatic carbocycles. The SMILES string of the molecule is CC(=O)NCc1ccc(-c2cc(N(C)c3ccc(C)cc3F)ccc2O)nc1N. The average molecular weight is 394 g/mol. The summed E-state index contributed by atoms with van der Waals surface area (Å²) in [6, 6.07) is 13.5. The molecule has 7 heteroatoms. The highest BCUT2D eigenvalue weighted by atomic mass is 19.1. The first kappa shape index (κ1) is 20.1. The highest BCUT2D eigenvalue weighted by Crippen LogP contribution is 2.35. The highest BCUT2D eigenvalue weighted by Gasteiger charge is 2.14. The number of aryl methyl sites for hydroxylation is 1. The van der Waals surface area contributed by atoms with Gasteiger partial charge in [-0.3, -0.25) is 4.79 Å². The molecule has 29 heavy (non-hydrogen) atoms. The van der Waals surface area contributed by atoms with Crippen LogP contribution in [0.3, 0.4) is 0 Å². The molecule has 0 saturated heterocycles. The lowest BCUT2D eigenvalue weighted by atomic mass is 10.1. The van der Waals surface area contributed by atoms with Crippen molar-refractivity contribution in [2.45, 2.75) is 20.4 Å². The molecule has 0 spiro atoms. The number of amides is 1. The third-order valence-electron chi connectivity index (χ3n) is 4.65. The van der Waals surface area contributed by atoms with Crippen LogP contribution in [0.1, 0.15) is 18.1 Å². The van der Waals surface area contributed by atoms with Gasteiger partial charge in [0.05, 0.1) is 11.4 Å². The summed E-state index contributed by atoms with van der Waals surface area (Å²) < 4.78 is 14.4. The largest absolute Gasteiger partial charge is 0.507 e. The molecular formula is C22H23FN4O2. The van der Waals surface area contributed by atoms with Crippen molar-refractivity contribution >= 4 is 23.1 Å². The van der Waals surface area contributed by atoms with Crippen LogP contribution in [0.4, 0.5) is 21.6 Å². The van der Waals surface area contributed by atoms with E-state index >= 15 is 0 Å². The fourth-order valence-corrected chi connectivity index (χ4v) is 2.98. The molecule has 0 aliphatic rings. The number of phenolic OH excluding ortho intramolecular Hbond substituents is 1. The molecule has 0 fully saturated rings. The number of anilines is 3. The minimum Gasteiger partial charge on any atom is -0.507 e. The maximum absolute atomic E-state index is 14.4. The molecule has 0 saturated carbocycles. The number of nitrogen functional groups attached to an aromatic ring is 1. The van der Waals surface area contributed by atoms with Gasteiger partial charge in [-0.1, -0.05) is 12.1 Å². The number of carbonyl (C=O) groups is 1. The van der Waals surface area contributed by atoms with Crippen LogP contribution in [0.5, 0.6) is 5.75 Å². The number of phenols is 1. The Morgan fingerprint density at radius 3 is 2.62 bits per heavy atom. The van der Waals surface area contributed by atoms with Gasteiger partial charge in [-0.15, -0.1) is 0 Å². The molecule has 6 nitrogen and oxygen atoms in total. The van der Waals surface area contributed by atoms with Gasteiger partial charge < -0.3 is 21.1 Å². The topological polar surface area (TPSA) is 91.5 Å². The highest BCUT2D eigenvalue weighted by molar-refractivity contribution is 5.76. The van der Waals surface area contributed by atoms with Gasteiger partial charge in [0.15, 0.2) is 0 Å². The van der Waals surface area contributed by atoms with E-state index < -0.39 is 0 Å². The second-order valence-corrected chi connectivity index (χ2v) is 6.87. The average Bonchev–Trinajstić information content (AvgIpc) is 2.67. The number of carbonyl (C=O) groups excluding carboxylic acids is 1. The summed E-state index contributed by atoms with van der Waals surface area (Å²) >= 11 is 0. The molecule has 0 unspecified atom stereocenters. The molecular weight excluding hydrogens is 371 g/mol. The first-order valence-electron chi connectivity index (χ1n) is 9.09. The van der Waals surface area contributed by atoms with Crippen molar-refractivity contribution in [1.82, 2.24) is 10.3 Å². The standard InChI is InChI=1S/C22H23FN4O2/c1-13-4-8-20(18(23)10-13)27(3)16-6-9-21(29)17(11-16)19-7-5-15(22(24)26-19)12-25-14(2)28/h4-11,29H,12H2,1-3H3,(H2,24,26)(H,25,28). The number of halogens is 1. The van der Waals surface area contributed by atoms with E-state index in [-0.39, 0.29) is 29.8 Å². The van der Waals surface area contributed by atoms with Crippen LogP contribution in [0.25, 0.3) is 11.3 Å². The van der Waals surface area contributed by atoms with Crippen molar-refractivity contribution in [3.8, 4) is 17.0 Å². The van der Waals surface area contributed by atoms with Crippen molar-refractivity contribution in [3.63, 3.8) is 0 Å². The maximum atomic E-state index is 14.4. The smallest absolute Gasteiger partial charge is 0.217 e. The van der Waals surface area contributed by atoms with Gasteiger partial charge in [0.1, 0.15) is 17.4 Å². The summed E-state index contributed by atoms with van der Waals surface area (Å²) in [5, 5.41) is 13.0. The summed E-state index contributed by atoms with van der Waals surface area (Å²) in [5.74, 6) is -0.191. The van der Waals surface area contributed by atoms with E-state index in [1.807, 2.05) is 13.0 Å². The summed E-state index contributed by atoms with van der Waals surface area (Å²) in [5.41, 5.74) is 9.59. The lowest BCUT2D eigenvalue weighted by molar-refractivity contribution is -0.119. The molecule has 1 amide bonds. The Morgan fingerprint density at radius 1 is 1.21 bits per heavy atom. The zero-order chi connectivity index (χ0) is 21.1. The summed E-state index contributed by atoms with van der Waals surface area (Å²) in [6.07, 6.45) is 0. The van der Waals surface area contributed by atoms with E-state index in [1.165, 1.54) is 19.1 Å². The van der Waals surface area contributed by atoms with Crippen LogP contribution in [-0.2, 0) is 11.3 Å². The molecule has 2 aromatic carbocycles. The lowest BCUT2D eigenvalue weighted by Crippen LogP contribution is -2.20. The van der Waals surface area contributed by atoms with Gasteiger partial charge in [0.25, 0.3) is 0 Å². The normalized spacial score (nSPS) is 10.6. The van der Waals surface area contributed by atoms with Crippen molar-refractivity contribution < 1.29 is 14.3 Å². The molecule has 0 aliphatic heterocycles. The second-order valence-electron chi connectivity index (χ2n) is 6.87. The van der Waals surface area contributed by atoms with Crippen LogP contribution < -0.4 is 16.0 Å². The van der Waals surface area contributed by atoms with Gasteiger partial charge in [0.2, 0.25) is 5.91 Å². The fourth-order valence-electron chi connectivity index (χ4n) is 2.98. The zero-order valence-electron chi connectivity index (χ0n) is 16.5. The Bertz CT molecular complexity index is 1070. The first-order chi connectivity index (χ1) is 13.8. The maximum Gasteiger partial charge on any atom is 0.217 e. The predicted octanol–water partition coefficient (Wildman–Crippen LogP) is 3.89. The Hall–Kier alpha value is -3.61. The Balaban J connectivity index is 1.95. The fraction of sp³-hybridized carbons (Fsp3) is 0.182. The van der Waals surface area contributed by atoms with E-state index in [0.717, 1.165) is 5.56 Å². The van der Waals surface area contributed by atoms with Gasteiger partial charge >= 0.3 is 0 Å². The summed E-state index contributed by atoms with van der Waals surface area (Å²) in [7, 11) is 1.75. The number of nitrogens with two attached hydrogens (primary N) is 1. The molecule has 0 atom stereocenters. The number of aromatic hydroxyl groups is 1. The van der Waals surface area contributed by atoms with E-state index in [9.17, 15) is 14.3 Å². The zero-order valence-corrected chi connectivity index (χ0v) is 16.5. The van der Waals surface area contributed by atoms with E-state index in [2.05, 4.69) is 10.3 Å². The third kappa shape index (κ3) is 4.45. The van der Waals surface area contributed by atoms with E-state index in [4.69, 9.17) is 5.73 Å². The van der Waals surface area contributed by atoms with E-state index in [0.29, 0.717) is 28.2 Å². The molecule has 4 N–H and O–H groups in total. The van der Waals surface area contributed by atoms with Gasteiger partial charge in [0, 0.05) is 37.3 Å². The first-order valence-corrected chi connectivity index (χ1v) is 9.09. The van der Waals surface area contributed by atoms with E-state index in [1.54, 1.807) is 42.3 Å². The molecule has 3 rings (SSSR count). The molecule has 150 valence electrons. The van der Waals surface area contributed by atoms with Crippen molar-refractivity contribution in [3.05, 3.63) is 65.5 Å². The van der Waals surface area contributed by atoms with Gasteiger partial charge in [-0.05, 0) is 48.9 Å². The third-order valence-corrected chi connectivity index (χ3v) is 4.65. The Labute approximate surface area is 168 Å². The van der Waals surface area contributed by atoms with Crippen LogP contribution in [-0.4, -0.2) is 23.0 Å². The molecule has 0 radical (unpaired) electrons. The Morgan fingerprint density at radius 2 is 1.97 bits per heavy atom. The minimum absolute atomic E-state index is 0.0352. The number of aromatic nitrogens is 1. The molecule has 3 aromatic rings. The quantitative estimate of drug-likeness (QED) is 0.611. The monoisotopic (exact) mass is 394 g/mol. The van der Waals surface area contributed by atoms with Crippen LogP contribution in [0.2, 0.25) is 0 Å². The number of pyridine rings is 1. The number of benzene rings is 2. The minimum atomic E-state index is -0.327. The predicted molar refractivity (Wildman–Crippen MR) is 112 cm³/mol. The van der Waals surface area contributed by atoms with Crippen LogP contribution >= 0.6 is 0 Å². The van der Waals surface area contributed by atoms with Gasteiger partial charge in [-0.25, -0.2) is 9.37 Å². The second kappa shape index (κ2) is 8.18. The van der Waals surface area contributed by atoms with Crippen molar-refractivity contribution in [1.29, 1.82) is 0 Å². The number of rotatable bonds is 5. The molecule has 1 aromatic heterocycles. The number of hydrogen-bond acceptors (Lipinski definition) is 5. The summed E-state index contributed by atoms with van der Waals surface area (Å²) in [6.45, 7) is 3.53. The molecule has 0 bridgehead atoms. The van der Waals surface area contributed by atoms with Crippen LogP contribution in [0.15, 0.2) is 48.5 Å². The van der Waals surface area contributed by atoms with Crippen molar-refractivity contribution in [2.24, 2.45) is 0 Å². The number of nitrogens with one attached hydrogen (secondary N) is 1. The lowest BCUT2D eigenvalue weighted by Gasteiger charge is -2.21. The van der Waals surface area contributed by atoms with Crippen LogP contribution in [0, 0.1) is 12.7 Å². The number of nitrogens with zero attached hydrogens (tertiary/aromatic N) is 2. The summed E-state index contributed by atoms with van der Waals surface area (Å²) in [4.78, 5) is 17.1. The molecule has 1 heterocycles. The Kier molecular flexibility index (Phi) is 5.68. The van der Waals surface area contributed by atoms with Crippen molar-refractivity contribution in [2.75, 3.05) is 17.7 Å².